The Kier molecular flexibility index (Phi) is 10.7. The van der Waals surface area contributed by atoms with Crippen molar-refractivity contribution in [2.45, 2.75) is 71.6 Å². The highest BCUT2D eigenvalue weighted by Gasteiger charge is 2.08. The van der Waals surface area contributed by atoms with Crippen LogP contribution in [0.1, 0.15) is 71.6 Å². The quantitative estimate of drug-likeness (QED) is 0.434. The fourth-order valence-corrected chi connectivity index (χ4v) is 2.32. The molecule has 0 heterocycles. The zero-order chi connectivity index (χ0) is 13.9. The van der Waals surface area contributed by atoms with Gasteiger partial charge in [0.2, 0.25) is 0 Å². The molecule has 0 aliphatic carbocycles. The van der Waals surface area contributed by atoms with Crippen LogP contribution in [0.4, 0.5) is 0 Å². The minimum absolute atomic E-state index is 0.0787. The largest absolute Gasteiger partial charge is 0.397 e. The normalized spacial score (nSPS) is 13.7. The maximum atomic E-state index is 10.4. The van der Waals surface area contributed by atoms with Crippen LogP contribution in [0.3, 0.4) is 0 Å². The second kappa shape index (κ2) is 10.8. The summed E-state index contributed by atoms with van der Waals surface area (Å²) in [5.74, 6) is 0.173. The molecule has 1 unspecified atom stereocenters. The number of rotatable bonds is 12. The van der Waals surface area contributed by atoms with Gasteiger partial charge in [0.15, 0.2) is 0 Å². The second-order valence-electron chi connectivity index (χ2n) is 5.08. The first-order valence-corrected chi connectivity index (χ1v) is 8.44. The fourth-order valence-electron chi connectivity index (χ4n) is 1.91. The van der Waals surface area contributed by atoms with Gasteiger partial charge in [0, 0.05) is 0 Å². The molecule has 0 aromatic carbocycles. The lowest BCUT2D eigenvalue weighted by atomic mass is 10.0. The molecule has 0 amide bonds. The maximum absolute atomic E-state index is 10.4. The average molecular weight is 280 g/mol. The second-order valence-corrected chi connectivity index (χ2v) is 6.17. The van der Waals surface area contributed by atoms with Crippen molar-refractivity contribution in [3.63, 3.8) is 0 Å². The van der Waals surface area contributed by atoms with Gasteiger partial charge in [-0.2, -0.15) is 8.42 Å². The molecule has 0 spiro atoms. The smallest absolute Gasteiger partial charge is 0.264 e. The number of hydrogen-bond donors (Lipinski definition) is 1. The minimum Gasteiger partial charge on any atom is -0.264 e. The molecule has 1 N–H and O–H groups in total. The van der Waals surface area contributed by atoms with Crippen molar-refractivity contribution >= 4 is 10.4 Å². The van der Waals surface area contributed by atoms with Crippen molar-refractivity contribution in [2.24, 2.45) is 5.92 Å². The summed E-state index contributed by atoms with van der Waals surface area (Å²) in [5.41, 5.74) is 0. The Labute approximate surface area is 112 Å². The van der Waals surface area contributed by atoms with Crippen LogP contribution in [0, 0.1) is 5.92 Å². The Bertz CT molecular complexity index is 275. The molecule has 0 fully saturated rings. The van der Waals surface area contributed by atoms with E-state index in [2.05, 4.69) is 11.1 Å². The van der Waals surface area contributed by atoms with Crippen LogP contribution in [0.15, 0.2) is 0 Å². The third-order valence-electron chi connectivity index (χ3n) is 3.05. The Morgan fingerprint density at radius 2 is 1.50 bits per heavy atom. The first kappa shape index (κ1) is 17.9. The maximum Gasteiger partial charge on any atom is 0.397 e. The van der Waals surface area contributed by atoms with Crippen LogP contribution in [0.5, 0.6) is 0 Å². The van der Waals surface area contributed by atoms with Gasteiger partial charge < -0.3 is 0 Å². The van der Waals surface area contributed by atoms with Crippen LogP contribution < -0.4 is 0 Å². The number of unbranched alkanes of at least 4 members (excludes halogenated alkanes) is 7. The van der Waals surface area contributed by atoms with E-state index < -0.39 is 10.4 Å². The van der Waals surface area contributed by atoms with Gasteiger partial charge >= 0.3 is 10.4 Å². The third kappa shape index (κ3) is 13.9. The molecule has 0 rings (SSSR count). The van der Waals surface area contributed by atoms with Gasteiger partial charge in [-0.3, -0.25) is 4.55 Å². The predicted molar refractivity (Wildman–Crippen MR) is 73.9 cm³/mol. The third-order valence-corrected chi connectivity index (χ3v) is 3.49. The summed E-state index contributed by atoms with van der Waals surface area (Å²) in [6.45, 7) is 4.23. The summed E-state index contributed by atoms with van der Waals surface area (Å²) in [4.78, 5) is 0. The zero-order valence-electron chi connectivity index (χ0n) is 11.7. The first-order chi connectivity index (χ1) is 8.45. The molecule has 4 nitrogen and oxygen atoms in total. The van der Waals surface area contributed by atoms with Gasteiger partial charge in [0.05, 0.1) is 6.61 Å². The molecule has 0 radical (unpaired) electrons. The Balaban J connectivity index is 3.28. The summed E-state index contributed by atoms with van der Waals surface area (Å²) in [6.07, 6.45) is 11.1. The molecule has 0 saturated carbocycles. The van der Waals surface area contributed by atoms with E-state index in [1.54, 1.807) is 0 Å². The van der Waals surface area contributed by atoms with E-state index in [4.69, 9.17) is 4.55 Å². The summed E-state index contributed by atoms with van der Waals surface area (Å²) >= 11 is 0. The molecule has 0 bridgehead atoms. The van der Waals surface area contributed by atoms with Crippen molar-refractivity contribution in [1.29, 1.82) is 0 Å². The molecular weight excluding hydrogens is 252 g/mol. The lowest BCUT2D eigenvalue weighted by Gasteiger charge is -2.09. The molecule has 0 saturated heterocycles. The van der Waals surface area contributed by atoms with E-state index in [9.17, 15) is 8.42 Å². The molecule has 5 heteroatoms. The summed E-state index contributed by atoms with van der Waals surface area (Å²) < 4.78 is 33.5. The molecule has 110 valence electrons. The van der Waals surface area contributed by atoms with Gasteiger partial charge in [0.1, 0.15) is 0 Å². The molecule has 0 aliphatic rings. The average Bonchev–Trinajstić information content (AvgIpc) is 2.29. The molecule has 0 aromatic rings. The summed E-state index contributed by atoms with van der Waals surface area (Å²) in [5, 5.41) is 0. The molecule has 0 aliphatic heterocycles. The molecule has 18 heavy (non-hydrogen) atoms. The van der Waals surface area contributed by atoms with E-state index in [1.807, 2.05) is 6.92 Å². The lowest BCUT2D eigenvalue weighted by molar-refractivity contribution is 0.222. The van der Waals surface area contributed by atoms with Gasteiger partial charge in [-0.1, -0.05) is 65.2 Å². The van der Waals surface area contributed by atoms with Crippen LogP contribution in [-0.4, -0.2) is 19.6 Å². The fraction of sp³-hybridized carbons (Fsp3) is 1.00. The minimum atomic E-state index is -4.27. The van der Waals surface area contributed by atoms with Gasteiger partial charge in [-0.05, 0) is 12.3 Å². The van der Waals surface area contributed by atoms with Crippen molar-refractivity contribution in [3.8, 4) is 0 Å². The SMILES string of the molecule is CCCCCCCCCCC(C)COS(=O)(=O)O. The Hall–Kier alpha value is -0.130. The Morgan fingerprint density at radius 3 is 2.00 bits per heavy atom. The van der Waals surface area contributed by atoms with Crippen LogP contribution in [0.25, 0.3) is 0 Å². The summed E-state index contributed by atoms with van der Waals surface area (Å²) in [6, 6.07) is 0. The number of hydrogen-bond acceptors (Lipinski definition) is 3. The van der Waals surface area contributed by atoms with E-state index in [1.165, 1.54) is 44.9 Å². The van der Waals surface area contributed by atoms with Crippen LogP contribution in [-0.2, 0) is 14.6 Å². The summed E-state index contributed by atoms with van der Waals surface area (Å²) in [7, 11) is -4.27. The van der Waals surface area contributed by atoms with Crippen molar-refractivity contribution in [2.75, 3.05) is 6.61 Å². The van der Waals surface area contributed by atoms with Crippen LogP contribution >= 0.6 is 0 Å². The van der Waals surface area contributed by atoms with Gasteiger partial charge in [-0.25, -0.2) is 4.18 Å². The first-order valence-electron chi connectivity index (χ1n) is 7.07. The van der Waals surface area contributed by atoms with Crippen molar-refractivity contribution in [3.05, 3.63) is 0 Å². The monoisotopic (exact) mass is 280 g/mol. The Morgan fingerprint density at radius 1 is 1.00 bits per heavy atom. The lowest BCUT2D eigenvalue weighted by Crippen LogP contribution is -2.11. The standard InChI is InChI=1S/C13H28O4S/c1-3-4-5-6-7-8-9-10-11-13(2)12-17-18(14,15)16/h13H,3-12H2,1-2H3,(H,14,15,16). The highest BCUT2D eigenvalue weighted by atomic mass is 32.3. The van der Waals surface area contributed by atoms with Gasteiger partial charge in [-0.15, -0.1) is 0 Å². The molecule has 1 atom stereocenters. The van der Waals surface area contributed by atoms with Crippen LogP contribution in [0.2, 0.25) is 0 Å². The van der Waals surface area contributed by atoms with Gasteiger partial charge in [0.25, 0.3) is 0 Å². The van der Waals surface area contributed by atoms with Crippen molar-refractivity contribution < 1.29 is 17.2 Å². The van der Waals surface area contributed by atoms with E-state index >= 15 is 0 Å². The molecular formula is C13H28O4S. The molecule has 0 aromatic heterocycles. The highest BCUT2D eigenvalue weighted by molar-refractivity contribution is 7.80. The van der Waals surface area contributed by atoms with Crippen molar-refractivity contribution in [1.82, 2.24) is 0 Å². The van der Waals surface area contributed by atoms with E-state index in [-0.39, 0.29) is 12.5 Å². The highest BCUT2D eigenvalue weighted by Crippen LogP contribution is 2.13. The van der Waals surface area contributed by atoms with E-state index in [0.717, 1.165) is 12.8 Å². The van der Waals surface area contributed by atoms with E-state index in [0.29, 0.717) is 0 Å². The predicted octanol–water partition coefficient (Wildman–Crippen LogP) is 3.97. The zero-order valence-corrected chi connectivity index (χ0v) is 12.5. The topological polar surface area (TPSA) is 63.6 Å².